The third-order valence-corrected chi connectivity index (χ3v) is 6.61. The normalized spacial score (nSPS) is 9.67. The van der Waals surface area contributed by atoms with E-state index < -0.39 is 0 Å². The summed E-state index contributed by atoms with van der Waals surface area (Å²) in [5.41, 5.74) is 6.32. The lowest BCUT2D eigenvalue weighted by Crippen LogP contribution is -2.12. The molecule has 3 rings (SSSR count). The Morgan fingerprint density at radius 3 is 1.49 bits per heavy atom. The topological polar surface area (TPSA) is 12.0 Å². The molecule has 0 aliphatic heterocycles. The summed E-state index contributed by atoms with van der Waals surface area (Å²) in [6, 6.07) is 29.8. The van der Waals surface area contributed by atoms with Crippen LogP contribution in [0.4, 0.5) is 0 Å². The van der Waals surface area contributed by atoms with Crippen LogP contribution < -0.4 is 5.32 Å². The maximum atomic E-state index is 4.03. The lowest BCUT2D eigenvalue weighted by atomic mass is 9.89. The van der Waals surface area contributed by atoms with Crippen molar-refractivity contribution in [3.8, 4) is 0 Å². The van der Waals surface area contributed by atoms with Gasteiger partial charge in [-0.25, -0.2) is 0 Å². The van der Waals surface area contributed by atoms with Crippen LogP contribution in [0.5, 0.6) is 0 Å². The van der Waals surface area contributed by atoms with E-state index in [1.807, 2.05) is 0 Å². The molecule has 3 aromatic carbocycles. The van der Waals surface area contributed by atoms with Gasteiger partial charge in [0.25, 0.3) is 0 Å². The minimum Gasteiger partial charge on any atom is -0.385 e. The zero-order valence-electron chi connectivity index (χ0n) is 30.0. The van der Waals surface area contributed by atoms with Crippen LogP contribution >= 0.6 is 0 Å². The molecule has 0 bridgehead atoms. The number of unbranched alkanes of at least 4 members (excludes halogenated alkanes) is 1. The predicted octanol–water partition coefficient (Wildman–Crippen LogP) is 13.6. The fraction of sp³-hybridized carbons (Fsp3) is 0.524. The number of benzene rings is 3. The quantitative estimate of drug-likeness (QED) is 0.208. The van der Waals surface area contributed by atoms with E-state index in [1.165, 1.54) is 73.6 Å². The first kappa shape index (κ1) is 42.3. The average Bonchev–Trinajstić information content (AvgIpc) is 3.01. The van der Waals surface area contributed by atoms with Gasteiger partial charge in [-0.05, 0) is 48.4 Å². The minimum absolute atomic E-state index is 0.535. The summed E-state index contributed by atoms with van der Waals surface area (Å²) in [4.78, 5) is 0. The molecule has 0 saturated carbocycles. The number of hydrogen-bond acceptors (Lipinski definition) is 1. The highest BCUT2D eigenvalue weighted by Crippen LogP contribution is 2.27. The van der Waals surface area contributed by atoms with Crippen molar-refractivity contribution in [1.29, 1.82) is 0 Å². The zero-order chi connectivity index (χ0) is 32.7. The number of aryl methyl sites for hydroxylation is 1. The van der Waals surface area contributed by atoms with Crippen molar-refractivity contribution in [2.45, 2.75) is 133 Å². The van der Waals surface area contributed by atoms with Crippen LogP contribution in [0.2, 0.25) is 0 Å². The molecule has 0 spiro atoms. The Morgan fingerprint density at radius 1 is 0.651 bits per heavy atom. The highest BCUT2D eigenvalue weighted by atomic mass is 14.9. The van der Waals surface area contributed by atoms with E-state index in [-0.39, 0.29) is 0 Å². The smallest absolute Gasteiger partial charge is 0.0340 e. The molecule has 1 N–H and O–H groups in total. The SMILES string of the molecule is C=C(NCCCC)c1cccc(C)c1.CCC.CCC.CCC(c1ccccc1)c1ccccc1.CCCC(C)CCC. The Hall–Kier alpha value is -2.80. The molecule has 0 saturated heterocycles. The van der Waals surface area contributed by atoms with E-state index in [9.17, 15) is 0 Å². The molecule has 0 radical (unpaired) electrons. The molecule has 1 heteroatoms. The molecule has 0 atom stereocenters. The van der Waals surface area contributed by atoms with Crippen molar-refractivity contribution < 1.29 is 0 Å². The molecule has 43 heavy (non-hydrogen) atoms. The molecular weight excluding hydrogens is 518 g/mol. The van der Waals surface area contributed by atoms with E-state index in [4.69, 9.17) is 0 Å². The molecule has 0 unspecified atom stereocenters. The van der Waals surface area contributed by atoms with E-state index in [0.717, 1.165) is 24.6 Å². The van der Waals surface area contributed by atoms with Crippen LogP contribution in [0, 0.1) is 12.8 Å². The van der Waals surface area contributed by atoms with Gasteiger partial charge >= 0.3 is 0 Å². The van der Waals surface area contributed by atoms with Gasteiger partial charge in [-0.3, -0.25) is 0 Å². The molecule has 1 nitrogen and oxygen atoms in total. The fourth-order valence-corrected chi connectivity index (χ4v) is 4.52. The third-order valence-electron chi connectivity index (χ3n) is 6.61. The number of rotatable bonds is 12. The highest BCUT2D eigenvalue weighted by molar-refractivity contribution is 5.62. The Kier molecular flexibility index (Phi) is 30.2. The maximum absolute atomic E-state index is 4.03. The predicted molar refractivity (Wildman–Crippen MR) is 199 cm³/mol. The fourth-order valence-electron chi connectivity index (χ4n) is 4.52. The summed E-state index contributed by atoms with van der Waals surface area (Å²) in [5.74, 6) is 1.50. The van der Waals surface area contributed by atoms with Crippen LogP contribution in [0.1, 0.15) is 148 Å². The molecule has 0 aliphatic rings. The van der Waals surface area contributed by atoms with Gasteiger partial charge in [0.15, 0.2) is 0 Å². The van der Waals surface area contributed by atoms with E-state index in [1.54, 1.807) is 0 Å². The first-order chi connectivity index (χ1) is 20.8. The van der Waals surface area contributed by atoms with Gasteiger partial charge in [-0.15, -0.1) is 0 Å². The standard InChI is InChI=1S/C15H16.C13H19N.C8H18.2C3H8/c1-2-15(13-9-5-3-6-10-13)14-11-7-4-8-12-14;1-4-5-9-14-12(3)13-8-6-7-11(2)10-13;1-4-6-8(3)7-5-2;2*1-3-2/h3-12,15H,2H2,1H3;6-8,10,14H,3-5,9H2,1-2H3;8H,4-7H2,1-3H3;2*3H2,1-2H3. The summed E-state index contributed by atoms with van der Waals surface area (Å²) >= 11 is 0. The van der Waals surface area contributed by atoms with Gasteiger partial charge < -0.3 is 5.32 Å². The van der Waals surface area contributed by atoms with Gasteiger partial charge in [0, 0.05) is 18.2 Å². The molecule has 3 aromatic rings. The lowest BCUT2D eigenvalue weighted by Gasteiger charge is -2.15. The van der Waals surface area contributed by atoms with Crippen molar-refractivity contribution in [1.82, 2.24) is 5.32 Å². The van der Waals surface area contributed by atoms with Gasteiger partial charge in [0.1, 0.15) is 0 Å². The maximum Gasteiger partial charge on any atom is 0.0340 e. The Morgan fingerprint density at radius 2 is 1.12 bits per heavy atom. The van der Waals surface area contributed by atoms with Gasteiger partial charge in [-0.1, -0.05) is 198 Å². The lowest BCUT2D eigenvalue weighted by molar-refractivity contribution is 0.480. The molecular formula is C42H69N. The number of hydrogen-bond donors (Lipinski definition) is 1. The van der Waals surface area contributed by atoms with Gasteiger partial charge in [0.2, 0.25) is 0 Å². The van der Waals surface area contributed by atoms with Crippen LogP contribution in [-0.4, -0.2) is 6.54 Å². The van der Waals surface area contributed by atoms with Crippen LogP contribution in [-0.2, 0) is 0 Å². The van der Waals surface area contributed by atoms with Crippen LogP contribution in [0.25, 0.3) is 5.70 Å². The summed E-state index contributed by atoms with van der Waals surface area (Å²) in [7, 11) is 0. The van der Waals surface area contributed by atoms with E-state index in [2.05, 4.69) is 166 Å². The minimum atomic E-state index is 0.535. The van der Waals surface area contributed by atoms with E-state index >= 15 is 0 Å². The van der Waals surface area contributed by atoms with Gasteiger partial charge in [-0.2, -0.15) is 0 Å². The Bertz CT molecular complexity index is 929. The van der Waals surface area contributed by atoms with Crippen LogP contribution in [0.3, 0.4) is 0 Å². The molecule has 242 valence electrons. The Balaban J connectivity index is 0. The second-order valence-electron chi connectivity index (χ2n) is 11.5. The summed E-state index contributed by atoms with van der Waals surface area (Å²) in [6.45, 7) is 26.9. The van der Waals surface area contributed by atoms with Crippen molar-refractivity contribution in [3.05, 3.63) is 114 Å². The van der Waals surface area contributed by atoms with Gasteiger partial charge in [0.05, 0.1) is 0 Å². The van der Waals surface area contributed by atoms with Crippen molar-refractivity contribution in [2.75, 3.05) is 6.54 Å². The largest absolute Gasteiger partial charge is 0.385 e. The zero-order valence-corrected chi connectivity index (χ0v) is 30.0. The summed E-state index contributed by atoms with van der Waals surface area (Å²) in [6.07, 6.45) is 11.6. The summed E-state index contributed by atoms with van der Waals surface area (Å²) in [5, 5.41) is 3.33. The Labute approximate surface area is 269 Å². The first-order valence-electron chi connectivity index (χ1n) is 17.4. The molecule has 0 amide bonds. The van der Waals surface area contributed by atoms with Crippen LogP contribution in [0.15, 0.2) is 91.5 Å². The monoisotopic (exact) mass is 588 g/mol. The first-order valence-corrected chi connectivity index (χ1v) is 17.4. The number of nitrogens with one attached hydrogen (secondary N) is 1. The van der Waals surface area contributed by atoms with Crippen molar-refractivity contribution in [2.24, 2.45) is 5.92 Å². The summed E-state index contributed by atoms with van der Waals surface area (Å²) < 4.78 is 0. The third kappa shape index (κ3) is 23.3. The van der Waals surface area contributed by atoms with E-state index in [0.29, 0.717) is 5.92 Å². The average molecular weight is 588 g/mol. The second kappa shape index (κ2) is 30.7. The molecule has 0 fully saturated rings. The molecule has 0 aliphatic carbocycles. The molecule has 0 aromatic heterocycles. The van der Waals surface area contributed by atoms with Crippen molar-refractivity contribution >= 4 is 5.70 Å². The second-order valence-corrected chi connectivity index (χ2v) is 11.5. The van der Waals surface area contributed by atoms with Crippen molar-refractivity contribution in [3.63, 3.8) is 0 Å². The highest BCUT2D eigenvalue weighted by Gasteiger charge is 2.10. The molecule has 0 heterocycles.